The molecule has 1 aromatic carbocycles. The van der Waals surface area contributed by atoms with Gasteiger partial charge in [0.15, 0.2) is 5.78 Å². The average Bonchev–Trinajstić information content (AvgIpc) is 2.17. The first-order valence-electron chi connectivity index (χ1n) is 5.26. The monoisotopic (exact) mass is 227 g/mol. The molecule has 1 unspecified atom stereocenters. The Morgan fingerprint density at radius 1 is 1.44 bits per heavy atom. The molecular weight excluding hydrogens is 212 g/mol. The predicted molar refractivity (Wildman–Crippen MR) is 58.4 cm³/mol. The van der Waals surface area contributed by atoms with Crippen LogP contribution in [0.1, 0.15) is 30.6 Å². The SMILES string of the molecule is CCNC(C)CC(=O)c1ccc(F)cc1F. The van der Waals surface area contributed by atoms with E-state index in [9.17, 15) is 13.6 Å². The second-order valence-corrected chi connectivity index (χ2v) is 3.71. The molecule has 0 radical (unpaired) electrons. The van der Waals surface area contributed by atoms with E-state index in [0.717, 1.165) is 18.7 Å². The maximum absolute atomic E-state index is 13.3. The maximum atomic E-state index is 13.3. The summed E-state index contributed by atoms with van der Waals surface area (Å²) in [6, 6.07) is 2.99. The zero-order valence-corrected chi connectivity index (χ0v) is 9.39. The van der Waals surface area contributed by atoms with Crippen LogP contribution in [-0.2, 0) is 0 Å². The van der Waals surface area contributed by atoms with Crippen molar-refractivity contribution >= 4 is 5.78 Å². The molecule has 1 atom stereocenters. The zero-order valence-electron chi connectivity index (χ0n) is 9.39. The number of ketones is 1. The van der Waals surface area contributed by atoms with Crippen molar-refractivity contribution in [2.24, 2.45) is 0 Å². The van der Waals surface area contributed by atoms with Crippen molar-refractivity contribution in [1.82, 2.24) is 5.32 Å². The van der Waals surface area contributed by atoms with Gasteiger partial charge in [-0.05, 0) is 25.6 Å². The van der Waals surface area contributed by atoms with E-state index in [4.69, 9.17) is 0 Å². The number of carbonyl (C=O) groups is 1. The van der Waals surface area contributed by atoms with E-state index < -0.39 is 11.6 Å². The van der Waals surface area contributed by atoms with Crippen LogP contribution in [0.5, 0.6) is 0 Å². The molecule has 2 nitrogen and oxygen atoms in total. The number of carbonyl (C=O) groups excluding carboxylic acids is 1. The van der Waals surface area contributed by atoms with Gasteiger partial charge in [0.2, 0.25) is 0 Å². The summed E-state index contributed by atoms with van der Waals surface area (Å²) in [5.41, 5.74) is -0.0499. The molecule has 16 heavy (non-hydrogen) atoms. The lowest BCUT2D eigenvalue weighted by atomic mass is 10.0. The molecule has 88 valence electrons. The van der Waals surface area contributed by atoms with Crippen LogP contribution in [0.3, 0.4) is 0 Å². The van der Waals surface area contributed by atoms with Crippen LogP contribution in [0.2, 0.25) is 0 Å². The number of nitrogens with one attached hydrogen (secondary N) is 1. The molecule has 0 aliphatic carbocycles. The van der Waals surface area contributed by atoms with Gasteiger partial charge in [0.25, 0.3) is 0 Å². The van der Waals surface area contributed by atoms with Crippen molar-refractivity contribution in [1.29, 1.82) is 0 Å². The average molecular weight is 227 g/mol. The highest BCUT2D eigenvalue weighted by Crippen LogP contribution is 2.12. The Bertz CT molecular complexity index is 379. The summed E-state index contributed by atoms with van der Waals surface area (Å²) < 4.78 is 25.9. The third kappa shape index (κ3) is 3.38. The van der Waals surface area contributed by atoms with Gasteiger partial charge in [0, 0.05) is 18.5 Å². The van der Waals surface area contributed by atoms with Crippen molar-refractivity contribution < 1.29 is 13.6 Å². The lowest BCUT2D eigenvalue weighted by Gasteiger charge is -2.11. The van der Waals surface area contributed by atoms with Crippen molar-refractivity contribution in [2.75, 3.05) is 6.54 Å². The summed E-state index contributed by atoms with van der Waals surface area (Å²) in [5.74, 6) is -1.78. The third-order valence-corrected chi connectivity index (χ3v) is 2.28. The first-order valence-corrected chi connectivity index (χ1v) is 5.26. The molecule has 0 aromatic heterocycles. The van der Waals surface area contributed by atoms with Crippen molar-refractivity contribution in [3.05, 3.63) is 35.4 Å². The minimum Gasteiger partial charge on any atom is -0.314 e. The van der Waals surface area contributed by atoms with Crippen LogP contribution >= 0.6 is 0 Å². The fourth-order valence-corrected chi connectivity index (χ4v) is 1.52. The first kappa shape index (κ1) is 12.8. The Labute approximate surface area is 93.7 Å². The van der Waals surface area contributed by atoms with Gasteiger partial charge in [-0.3, -0.25) is 4.79 Å². The van der Waals surface area contributed by atoms with Gasteiger partial charge in [-0.2, -0.15) is 0 Å². The van der Waals surface area contributed by atoms with Crippen molar-refractivity contribution in [3.8, 4) is 0 Å². The molecule has 1 N–H and O–H groups in total. The number of benzene rings is 1. The molecular formula is C12H15F2NO. The quantitative estimate of drug-likeness (QED) is 0.783. The Morgan fingerprint density at radius 2 is 2.12 bits per heavy atom. The van der Waals surface area contributed by atoms with Crippen LogP contribution in [0, 0.1) is 11.6 Å². The molecule has 0 saturated carbocycles. The number of hydrogen-bond acceptors (Lipinski definition) is 2. The summed E-state index contributed by atoms with van der Waals surface area (Å²) >= 11 is 0. The van der Waals surface area contributed by atoms with E-state index in [0.29, 0.717) is 0 Å². The van der Waals surface area contributed by atoms with Crippen LogP contribution < -0.4 is 5.32 Å². The summed E-state index contributed by atoms with van der Waals surface area (Å²) in [6.07, 6.45) is 0.205. The van der Waals surface area contributed by atoms with Gasteiger partial charge in [-0.25, -0.2) is 8.78 Å². The van der Waals surface area contributed by atoms with E-state index in [-0.39, 0.29) is 23.8 Å². The largest absolute Gasteiger partial charge is 0.314 e. The molecule has 0 heterocycles. The lowest BCUT2D eigenvalue weighted by Crippen LogP contribution is -2.28. The third-order valence-electron chi connectivity index (χ3n) is 2.28. The van der Waals surface area contributed by atoms with Crippen LogP contribution in [-0.4, -0.2) is 18.4 Å². The zero-order chi connectivity index (χ0) is 12.1. The first-order chi connectivity index (χ1) is 7.54. The van der Waals surface area contributed by atoms with Gasteiger partial charge >= 0.3 is 0 Å². The summed E-state index contributed by atoms with van der Waals surface area (Å²) in [7, 11) is 0. The number of halogens is 2. The normalized spacial score (nSPS) is 12.5. The van der Waals surface area contributed by atoms with E-state index in [2.05, 4.69) is 5.32 Å². The Balaban J connectivity index is 2.73. The molecule has 0 amide bonds. The molecule has 0 fully saturated rings. The van der Waals surface area contributed by atoms with Gasteiger partial charge in [0.05, 0.1) is 5.56 Å². The van der Waals surface area contributed by atoms with E-state index in [1.165, 1.54) is 6.07 Å². The minimum atomic E-state index is -0.798. The van der Waals surface area contributed by atoms with Gasteiger partial charge in [-0.1, -0.05) is 6.92 Å². The molecule has 4 heteroatoms. The molecule has 0 aliphatic rings. The lowest BCUT2D eigenvalue weighted by molar-refractivity contribution is 0.0968. The molecule has 0 aliphatic heterocycles. The van der Waals surface area contributed by atoms with Crippen LogP contribution in [0.15, 0.2) is 18.2 Å². The second-order valence-electron chi connectivity index (χ2n) is 3.71. The van der Waals surface area contributed by atoms with E-state index in [1.54, 1.807) is 0 Å². The summed E-state index contributed by atoms with van der Waals surface area (Å²) in [4.78, 5) is 11.7. The van der Waals surface area contributed by atoms with Crippen LogP contribution in [0.25, 0.3) is 0 Å². The second kappa shape index (κ2) is 5.70. The fraction of sp³-hybridized carbons (Fsp3) is 0.417. The highest BCUT2D eigenvalue weighted by atomic mass is 19.1. The molecule has 1 aromatic rings. The number of Topliss-reactive ketones (excluding diaryl/α,β-unsaturated/α-hetero) is 1. The Hall–Kier alpha value is -1.29. The highest BCUT2D eigenvalue weighted by Gasteiger charge is 2.14. The van der Waals surface area contributed by atoms with Gasteiger partial charge in [0.1, 0.15) is 11.6 Å². The van der Waals surface area contributed by atoms with Crippen molar-refractivity contribution in [2.45, 2.75) is 26.3 Å². The summed E-state index contributed by atoms with van der Waals surface area (Å²) in [5, 5.41) is 3.06. The van der Waals surface area contributed by atoms with Crippen LogP contribution in [0.4, 0.5) is 8.78 Å². The molecule has 0 bridgehead atoms. The summed E-state index contributed by atoms with van der Waals surface area (Å²) in [6.45, 7) is 4.53. The number of hydrogen-bond donors (Lipinski definition) is 1. The van der Waals surface area contributed by atoms with Crippen molar-refractivity contribution in [3.63, 3.8) is 0 Å². The Kier molecular flexibility index (Phi) is 4.55. The standard InChI is InChI=1S/C12H15F2NO/c1-3-15-8(2)6-12(16)10-5-4-9(13)7-11(10)14/h4-5,7-8,15H,3,6H2,1-2H3. The Morgan fingerprint density at radius 3 is 2.69 bits per heavy atom. The predicted octanol–water partition coefficient (Wildman–Crippen LogP) is 2.54. The van der Waals surface area contributed by atoms with E-state index in [1.807, 2.05) is 13.8 Å². The molecule has 0 spiro atoms. The smallest absolute Gasteiger partial charge is 0.167 e. The maximum Gasteiger partial charge on any atom is 0.167 e. The highest BCUT2D eigenvalue weighted by molar-refractivity contribution is 5.96. The number of rotatable bonds is 5. The fourth-order valence-electron chi connectivity index (χ4n) is 1.52. The van der Waals surface area contributed by atoms with Gasteiger partial charge in [-0.15, -0.1) is 0 Å². The minimum absolute atomic E-state index is 0.0121. The van der Waals surface area contributed by atoms with Gasteiger partial charge < -0.3 is 5.32 Å². The molecule has 1 rings (SSSR count). The van der Waals surface area contributed by atoms with E-state index >= 15 is 0 Å². The molecule has 0 saturated heterocycles. The topological polar surface area (TPSA) is 29.1 Å².